The largest absolute Gasteiger partial charge is 0.481 e. The van der Waals surface area contributed by atoms with Crippen molar-refractivity contribution in [1.82, 2.24) is 19.9 Å². The van der Waals surface area contributed by atoms with Gasteiger partial charge in [0, 0.05) is 29.4 Å². The number of nitrogens with two attached hydrogens (primary N) is 1. The lowest BCUT2D eigenvalue weighted by atomic mass is 9.99. The van der Waals surface area contributed by atoms with E-state index in [1.165, 1.54) is 0 Å². The van der Waals surface area contributed by atoms with E-state index in [9.17, 15) is 24.6 Å². The first-order valence-electron chi connectivity index (χ1n) is 15.3. The Morgan fingerprint density at radius 1 is 0.711 bits per heavy atom. The van der Waals surface area contributed by atoms with Crippen molar-refractivity contribution in [3.05, 3.63) is 68.8 Å². The van der Waals surface area contributed by atoms with E-state index in [4.69, 9.17) is 15.7 Å². The van der Waals surface area contributed by atoms with Crippen molar-refractivity contribution in [3.63, 3.8) is 0 Å². The van der Waals surface area contributed by atoms with Gasteiger partial charge in [0.2, 0.25) is 0 Å². The smallest absolute Gasteiger partial charge is 0.303 e. The van der Waals surface area contributed by atoms with E-state index < -0.39 is 17.8 Å². The molecule has 0 aromatic carbocycles. The molecule has 5 heterocycles. The third-order valence-electron chi connectivity index (χ3n) is 9.07. The number of aryl methyl sites for hydroxylation is 4. The van der Waals surface area contributed by atoms with Crippen LogP contribution >= 0.6 is 0 Å². The van der Waals surface area contributed by atoms with E-state index in [1.54, 1.807) is 0 Å². The van der Waals surface area contributed by atoms with Crippen molar-refractivity contribution in [3.8, 4) is 0 Å². The van der Waals surface area contributed by atoms with Gasteiger partial charge in [0.05, 0.1) is 33.9 Å². The Balaban J connectivity index is 2.01. The second-order valence-electron chi connectivity index (χ2n) is 11.7. The van der Waals surface area contributed by atoms with Crippen LogP contribution in [0.4, 0.5) is 0 Å². The minimum absolute atomic E-state index is 0.0552. The summed E-state index contributed by atoms with van der Waals surface area (Å²) in [5, 5.41) is 19.0. The van der Waals surface area contributed by atoms with Gasteiger partial charge in [-0.2, -0.15) is 0 Å². The number of carboxylic acids is 2. The van der Waals surface area contributed by atoms with Crippen LogP contribution in [0, 0.1) is 13.8 Å². The van der Waals surface area contributed by atoms with Gasteiger partial charge in [-0.15, -0.1) is 0 Å². The first kappa shape index (κ1) is 31.4. The van der Waals surface area contributed by atoms with Crippen molar-refractivity contribution in [2.75, 3.05) is 0 Å². The molecule has 2 aliphatic rings. The number of aromatic nitrogens is 4. The maximum Gasteiger partial charge on any atom is 0.303 e. The number of nitrogens with one attached hydrogen (secondary N) is 2. The number of hydrogen-bond donors (Lipinski definition) is 5. The van der Waals surface area contributed by atoms with E-state index >= 15 is 0 Å². The molecule has 6 N–H and O–H groups in total. The lowest BCUT2D eigenvalue weighted by Gasteiger charge is -2.04. The first-order chi connectivity index (χ1) is 21.4. The van der Waals surface area contributed by atoms with E-state index in [2.05, 4.69) is 9.97 Å². The lowest BCUT2D eigenvalue weighted by Crippen LogP contribution is -2.14. The van der Waals surface area contributed by atoms with Crippen molar-refractivity contribution >= 4 is 62.2 Å². The molecule has 0 saturated carbocycles. The molecule has 0 unspecified atom stereocenters. The highest BCUT2D eigenvalue weighted by atomic mass is 16.4. The fraction of sp³-hybridized carbons (Fsp3) is 0.343. The zero-order valence-corrected chi connectivity index (χ0v) is 26.6. The zero-order valence-electron chi connectivity index (χ0n) is 26.6. The molecule has 234 valence electrons. The Morgan fingerprint density at radius 3 is 1.91 bits per heavy atom. The van der Waals surface area contributed by atoms with E-state index in [-0.39, 0.29) is 19.3 Å². The van der Waals surface area contributed by atoms with Crippen LogP contribution in [0.1, 0.15) is 109 Å². The van der Waals surface area contributed by atoms with Gasteiger partial charge in [0.25, 0.3) is 5.91 Å². The number of H-pyrrole nitrogens is 2. The number of primary amides is 1. The number of hydrogen-bond acceptors (Lipinski definition) is 5. The average Bonchev–Trinajstić information content (AvgIpc) is 3.64. The van der Waals surface area contributed by atoms with E-state index in [0.29, 0.717) is 58.6 Å². The number of aliphatic carboxylic acids is 2. The molecule has 0 fully saturated rings. The minimum Gasteiger partial charge on any atom is -0.481 e. The summed E-state index contributed by atoms with van der Waals surface area (Å²) >= 11 is 0. The van der Waals surface area contributed by atoms with E-state index in [0.717, 1.165) is 55.6 Å². The second-order valence-corrected chi connectivity index (χ2v) is 11.7. The molecule has 10 nitrogen and oxygen atoms in total. The summed E-state index contributed by atoms with van der Waals surface area (Å²) in [6.07, 6.45) is 1.79. The molecule has 3 aromatic rings. The molecular weight excluding hydrogens is 570 g/mol. The number of rotatable bonds is 9. The highest BCUT2D eigenvalue weighted by Gasteiger charge is 2.25. The van der Waals surface area contributed by atoms with Crippen molar-refractivity contribution < 1.29 is 24.6 Å². The monoisotopic (exact) mass is 609 g/mol. The maximum absolute atomic E-state index is 13.2. The van der Waals surface area contributed by atoms with Crippen LogP contribution in [0.25, 0.3) is 44.4 Å². The maximum atomic E-state index is 13.2. The Kier molecular flexibility index (Phi) is 8.51. The summed E-state index contributed by atoms with van der Waals surface area (Å²) in [7, 11) is 0. The average molecular weight is 610 g/mol. The third kappa shape index (κ3) is 5.68. The Bertz CT molecular complexity index is 2010. The van der Waals surface area contributed by atoms with Gasteiger partial charge in [-0.1, -0.05) is 13.8 Å². The fourth-order valence-electron chi connectivity index (χ4n) is 6.57. The number of aromatic amines is 2. The second kappa shape index (κ2) is 12.2. The van der Waals surface area contributed by atoms with Gasteiger partial charge in [-0.3, -0.25) is 14.4 Å². The van der Waals surface area contributed by atoms with Crippen LogP contribution in [-0.4, -0.2) is 48.0 Å². The quantitative estimate of drug-likeness (QED) is 0.178. The summed E-state index contributed by atoms with van der Waals surface area (Å²) in [5.41, 5.74) is 19.0. The fourth-order valence-corrected chi connectivity index (χ4v) is 6.57. The van der Waals surface area contributed by atoms with Gasteiger partial charge in [0.1, 0.15) is 0 Å². The molecule has 5 rings (SSSR count). The molecule has 0 aliphatic carbocycles. The molecule has 2 aliphatic heterocycles. The molecule has 3 aromatic heterocycles. The van der Waals surface area contributed by atoms with Gasteiger partial charge < -0.3 is 25.9 Å². The van der Waals surface area contributed by atoms with Crippen molar-refractivity contribution in [2.24, 2.45) is 5.73 Å². The summed E-state index contributed by atoms with van der Waals surface area (Å²) in [5.74, 6) is -2.40. The normalized spacial score (nSPS) is 13.1. The number of fused-ring (bicyclic) bond motifs is 8. The number of carbonyl (C=O) groups is 3. The molecule has 10 heteroatoms. The van der Waals surface area contributed by atoms with Crippen LogP contribution in [-0.2, 0) is 22.4 Å². The predicted molar refractivity (Wildman–Crippen MR) is 176 cm³/mol. The van der Waals surface area contributed by atoms with Gasteiger partial charge in [0.15, 0.2) is 0 Å². The Labute approximate surface area is 261 Å². The summed E-state index contributed by atoms with van der Waals surface area (Å²) in [4.78, 5) is 53.3. The number of nitrogens with zero attached hydrogens (tertiary/aromatic N) is 2. The van der Waals surface area contributed by atoms with Crippen LogP contribution in [0.2, 0.25) is 0 Å². The molecule has 0 radical (unpaired) electrons. The van der Waals surface area contributed by atoms with Gasteiger partial charge in [-0.25, -0.2) is 9.97 Å². The van der Waals surface area contributed by atoms with Crippen LogP contribution in [0.15, 0.2) is 18.2 Å². The first-order valence-corrected chi connectivity index (χ1v) is 15.3. The zero-order chi connectivity index (χ0) is 32.7. The van der Waals surface area contributed by atoms with Crippen LogP contribution in [0.5, 0.6) is 0 Å². The highest BCUT2D eigenvalue weighted by molar-refractivity contribution is 6.08. The lowest BCUT2D eigenvalue weighted by molar-refractivity contribution is -0.137. The van der Waals surface area contributed by atoms with Crippen molar-refractivity contribution in [2.45, 2.75) is 80.1 Å². The van der Waals surface area contributed by atoms with Crippen LogP contribution < -0.4 is 5.73 Å². The molecule has 8 bridgehead atoms. The molecule has 1 amide bonds. The number of allylic oxidation sites excluding steroid dienone is 4. The number of carbonyl (C=O) groups excluding carboxylic acids is 1. The standard InChI is InChI=1S/C35H39N5O5/c1-7-20-19(6)33-32(35(36)45)34-21(8-2)16(3)26(39-34)13-24-17(4)22(9-11-30(41)42)28(37-24)15-29-23(10-12-31(43)44)18(5)25(38-29)14-27(20)40-33/h13-15,38-39H,7-12H2,1-6H3,(H2,36,45)(H,41,42)(H,43,44). The van der Waals surface area contributed by atoms with E-state index in [1.807, 2.05) is 59.7 Å². The minimum atomic E-state index is -0.907. The Morgan fingerprint density at radius 2 is 1.29 bits per heavy atom. The summed E-state index contributed by atoms with van der Waals surface area (Å²) in [6.45, 7) is 11.9. The van der Waals surface area contributed by atoms with Gasteiger partial charge >= 0.3 is 11.9 Å². The molecular formula is C35H39N5O5. The molecule has 45 heavy (non-hydrogen) atoms. The van der Waals surface area contributed by atoms with Crippen molar-refractivity contribution in [1.29, 1.82) is 0 Å². The molecule has 0 spiro atoms. The summed E-state index contributed by atoms with van der Waals surface area (Å²) < 4.78 is 0. The third-order valence-corrected chi connectivity index (χ3v) is 9.07. The highest BCUT2D eigenvalue weighted by Crippen LogP contribution is 2.38. The predicted octanol–water partition coefficient (Wildman–Crippen LogP) is 6.75. The summed E-state index contributed by atoms with van der Waals surface area (Å²) in [6, 6.07) is 5.77. The van der Waals surface area contributed by atoms with Crippen LogP contribution in [0.3, 0.4) is 0 Å². The SMILES string of the molecule is CCC1=C(C)c2nc1cc1[nH]c(cc3nc(cc4[nH]c(c(CC)c4C)c2C(N)=O)C(C)=C3CCC(=O)O)c(CCC(=O)O)c1C. The number of amides is 1. The molecule has 0 atom stereocenters. The Hall–Kier alpha value is -4.99. The number of carboxylic acid groups (broad SMARTS) is 2. The molecule has 0 saturated heterocycles. The topological polar surface area (TPSA) is 175 Å². The van der Waals surface area contributed by atoms with Gasteiger partial charge in [-0.05, 0) is 116 Å².